The molecule has 0 bridgehead atoms. The minimum atomic E-state index is -4.35. The van der Waals surface area contributed by atoms with Gasteiger partial charge in [-0.05, 0) is 36.2 Å². The Kier molecular flexibility index (Phi) is 4.23. The van der Waals surface area contributed by atoms with Gasteiger partial charge in [-0.15, -0.1) is 0 Å². The quantitative estimate of drug-likeness (QED) is 0.813. The lowest BCUT2D eigenvalue weighted by Gasteiger charge is -2.15. The molecule has 0 fully saturated rings. The normalized spacial score (nSPS) is 11.4. The monoisotopic (exact) mass is 299 g/mol. The number of benzene rings is 2. The number of alkyl halides is 3. The lowest BCUT2D eigenvalue weighted by molar-refractivity contribution is -0.138. The highest BCUT2D eigenvalue weighted by Crippen LogP contribution is 2.32. The second-order valence-electron chi connectivity index (χ2n) is 4.42. The number of halogens is 4. The number of hydrogen-bond acceptors (Lipinski definition) is 1. The molecule has 0 amide bonds. The van der Waals surface area contributed by atoms with Crippen LogP contribution in [-0.4, -0.2) is 0 Å². The van der Waals surface area contributed by atoms with Gasteiger partial charge in [-0.2, -0.15) is 13.2 Å². The van der Waals surface area contributed by atoms with E-state index in [0.717, 1.165) is 17.3 Å². The van der Waals surface area contributed by atoms with Crippen molar-refractivity contribution in [3.63, 3.8) is 0 Å². The van der Waals surface area contributed by atoms with Crippen molar-refractivity contribution in [1.29, 1.82) is 0 Å². The summed E-state index contributed by atoms with van der Waals surface area (Å²) in [7, 11) is 0. The molecule has 0 aliphatic heterocycles. The average Bonchev–Trinajstić information content (AvgIpc) is 2.40. The first-order chi connectivity index (χ1) is 9.39. The minimum Gasteiger partial charge on any atom is -0.381 e. The third kappa shape index (κ3) is 3.25. The van der Waals surface area contributed by atoms with Gasteiger partial charge in [-0.25, -0.2) is 0 Å². The van der Waals surface area contributed by atoms with E-state index < -0.39 is 11.7 Å². The third-order valence-electron chi connectivity index (χ3n) is 3.06. The van der Waals surface area contributed by atoms with Crippen molar-refractivity contribution in [1.82, 2.24) is 0 Å². The molecule has 5 heteroatoms. The summed E-state index contributed by atoms with van der Waals surface area (Å²) in [6.07, 6.45) is -4.35. The molecule has 106 valence electrons. The van der Waals surface area contributed by atoms with Crippen LogP contribution in [0.15, 0.2) is 42.5 Å². The van der Waals surface area contributed by atoms with Crippen molar-refractivity contribution in [3.05, 3.63) is 64.2 Å². The van der Waals surface area contributed by atoms with Gasteiger partial charge >= 0.3 is 6.18 Å². The van der Waals surface area contributed by atoms with Gasteiger partial charge in [-0.1, -0.05) is 35.9 Å². The minimum absolute atomic E-state index is 0.0941. The van der Waals surface area contributed by atoms with Crippen molar-refractivity contribution < 1.29 is 13.2 Å². The van der Waals surface area contributed by atoms with Crippen molar-refractivity contribution in [2.45, 2.75) is 19.6 Å². The Morgan fingerprint density at radius 2 is 1.75 bits per heavy atom. The summed E-state index contributed by atoms with van der Waals surface area (Å²) < 4.78 is 38.6. The predicted octanol–water partition coefficient (Wildman–Crippen LogP) is 5.28. The molecule has 0 aliphatic rings. The Balaban J connectivity index is 2.22. The van der Waals surface area contributed by atoms with Crippen LogP contribution >= 0.6 is 11.6 Å². The molecule has 0 saturated heterocycles. The van der Waals surface area contributed by atoms with Crippen LogP contribution in [0.25, 0.3) is 0 Å². The van der Waals surface area contributed by atoms with E-state index in [9.17, 15) is 13.2 Å². The number of anilines is 1. The fourth-order valence-corrected chi connectivity index (χ4v) is 2.11. The molecule has 1 nitrogen and oxygen atoms in total. The molecule has 1 N–H and O–H groups in total. The second-order valence-corrected chi connectivity index (χ2v) is 4.83. The van der Waals surface area contributed by atoms with Crippen molar-refractivity contribution in [2.75, 3.05) is 5.32 Å². The van der Waals surface area contributed by atoms with Gasteiger partial charge < -0.3 is 5.32 Å². The Labute approximate surface area is 120 Å². The van der Waals surface area contributed by atoms with E-state index in [1.54, 1.807) is 24.3 Å². The molecule has 0 heterocycles. The standard InChI is InChI=1S/C15H13ClF3N/c1-10-13(16)7-4-8-14(10)20-9-11-5-2-3-6-12(11)15(17,18)19/h2-8,20H,9H2,1H3. The maximum absolute atomic E-state index is 12.9. The fourth-order valence-electron chi connectivity index (χ4n) is 1.94. The van der Waals surface area contributed by atoms with E-state index in [1.165, 1.54) is 12.1 Å². The predicted molar refractivity (Wildman–Crippen MR) is 75.0 cm³/mol. The first-order valence-corrected chi connectivity index (χ1v) is 6.41. The molecule has 20 heavy (non-hydrogen) atoms. The summed E-state index contributed by atoms with van der Waals surface area (Å²) >= 11 is 5.98. The van der Waals surface area contributed by atoms with Crippen molar-refractivity contribution >= 4 is 17.3 Å². The highest BCUT2D eigenvalue weighted by Gasteiger charge is 2.32. The number of hydrogen-bond donors (Lipinski definition) is 1. The van der Waals surface area contributed by atoms with E-state index in [0.29, 0.717) is 5.02 Å². The summed E-state index contributed by atoms with van der Waals surface area (Å²) in [5, 5.41) is 3.58. The SMILES string of the molecule is Cc1c(Cl)cccc1NCc1ccccc1C(F)(F)F. The van der Waals surface area contributed by atoms with Gasteiger partial charge in [0.15, 0.2) is 0 Å². The van der Waals surface area contributed by atoms with Gasteiger partial charge in [0.25, 0.3) is 0 Å². The van der Waals surface area contributed by atoms with Crippen LogP contribution in [0.3, 0.4) is 0 Å². The third-order valence-corrected chi connectivity index (χ3v) is 3.47. The second kappa shape index (κ2) is 5.75. The maximum Gasteiger partial charge on any atom is 0.416 e. The van der Waals surface area contributed by atoms with Crippen LogP contribution in [0, 0.1) is 6.92 Å². The van der Waals surface area contributed by atoms with Crippen LogP contribution in [-0.2, 0) is 12.7 Å². The smallest absolute Gasteiger partial charge is 0.381 e. The number of rotatable bonds is 3. The van der Waals surface area contributed by atoms with E-state index in [2.05, 4.69) is 5.32 Å². The maximum atomic E-state index is 12.9. The molecule has 0 unspecified atom stereocenters. The molecule has 2 rings (SSSR count). The van der Waals surface area contributed by atoms with E-state index in [1.807, 2.05) is 6.92 Å². The zero-order valence-corrected chi connectivity index (χ0v) is 11.5. The van der Waals surface area contributed by atoms with Crippen LogP contribution in [0.2, 0.25) is 5.02 Å². The zero-order chi connectivity index (χ0) is 14.8. The largest absolute Gasteiger partial charge is 0.416 e. The summed E-state index contributed by atoms with van der Waals surface area (Å²) in [6, 6.07) is 10.8. The van der Waals surface area contributed by atoms with E-state index in [4.69, 9.17) is 11.6 Å². The molecule has 0 radical (unpaired) electrons. The van der Waals surface area contributed by atoms with Crippen LogP contribution in [0.5, 0.6) is 0 Å². The van der Waals surface area contributed by atoms with Crippen molar-refractivity contribution in [2.24, 2.45) is 0 Å². The highest BCUT2D eigenvalue weighted by molar-refractivity contribution is 6.31. The summed E-state index contributed by atoms with van der Waals surface area (Å²) in [4.78, 5) is 0. The lowest BCUT2D eigenvalue weighted by Crippen LogP contribution is -2.12. The zero-order valence-electron chi connectivity index (χ0n) is 10.8. The van der Waals surface area contributed by atoms with Crippen LogP contribution in [0.4, 0.5) is 18.9 Å². The molecule has 0 saturated carbocycles. The summed E-state index contributed by atoms with van der Waals surface area (Å²) in [5.74, 6) is 0. The summed E-state index contributed by atoms with van der Waals surface area (Å²) in [5.41, 5.74) is 1.14. The summed E-state index contributed by atoms with van der Waals surface area (Å²) in [6.45, 7) is 1.91. The Morgan fingerprint density at radius 1 is 1.05 bits per heavy atom. The molecular weight excluding hydrogens is 287 g/mol. The van der Waals surface area contributed by atoms with E-state index >= 15 is 0 Å². The van der Waals surface area contributed by atoms with Crippen LogP contribution in [0.1, 0.15) is 16.7 Å². The van der Waals surface area contributed by atoms with Gasteiger partial charge in [0.1, 0.15) is 0 Å². The van der Waals surface area contributed by atoms with E-state index in [-0.39, 0.29) is 12.1 Å². The fraction of sp³-hybridized carbons (Fsp3) is 0.200. The van der Waals surface area contributed by atoms with Gasteiger partial charge in [-0.3, -0.25) is 0 Å². The average molecular weight is 300 g/mol. The Morgan fingerprint density at radius 3 is 2.45 bits per heavy atom. The number of nitrogens with one attached hydrogen (secondary N) is 1. The van der Waals surface area contributed by atoms with Gasteiger partial charge in [0.05, 0.1) is 5.56 Å². The highest BCUT2D eigenvalue weighted by atomic mass is 35.5. The van der Waals surface area contributed by atoms with Crippen molar-refractivity contribution in [3.8, 4) is 0 Å². The molecule has 2 aromatic carbocycles. The van der Waals surface area contributed by atoms with Crippen LogP contribution < -0.4 is 5.32 Å². The molecular formula is C15H13ClF3N. The Hall–Kier alpha value is -1.68. The molecule has 0 aromatic heterocycles. The molecule has 2 aromatic rings. The molecule has 0 aliphatic carbocycles. The Bertz CT molecular complexity index is 608. The first-order valence-electron chi connectivity index (χ1n) is 6.03. The topological polar surface area (TPSA) is 12.0 Å². The lowest BCUT2D eigenvalue weighted by atomic mass is 10.1. The molecule has 0 atom stereocenters. The molecule has 0 spiro atoms. The first kappa shape index (κ1) is 14.7. The van der Waals surface area contributed by atoms with Gasteiger partial charge in [0.2, 0.25) is 0 Å². The van der Waals surface area contributed by atoms with Gasteiger partial charge in [0, 0.05) is 17.3 Å².